The molecule has 3 aromatic carbocycles. The summed E-state index contributed by atoms with van der Waals surface area (Å²) in [5.74, 6) is -0.723. The number of benzene rings is 3. The second-order valence-corrected chi connectivity index (χ2v) is 8.39. The van der Waals surface area contributed by atoms with Gasteiger partial charge in [0.05, 0.1) is 26.8 Å². The Hall–Kier alpha value is -3.91. The molecule has 174 valence electrons. The molecule has 9 heteroatoms. The molecule has 0 aromatic heterocycles. The molecule has 4 rings (SSSR count). The van der Waals surface area contributed by atoms with Crippen LogP contribution in [-0.4, -0.2) is 47.8 Å². The lowest BCUT2D eigenvalue weighted by atomic mass is 10.1. The van der Waals surface area contributed by atoms with Gasteiger partial charge in [0.1, 0.15) is 0 Å². The van der Waals surface area contributed by atoms with E-state index in [0.717, 1.165) is 6.07 Å². The van der Waals surface area contributed by atoms with E-state index in [-0.39, 0.29) is 22.2 Å². The minimum Gasteiger partial charge on any atom is -0.368 e. The maximum absolute atomic E-state index is 13.3. The van der Waals surface area contributed by atoms with E-state index in [1.54, 1.807) is 29.2 Å². The molecule has 0 spiro atoms. The van der Waals surface area contributed by atoms with Crippen molar-refractivity contribution in [3.8, 4) is 0 Å². The third-order valence-electron chi connectivity index (χ3n) is 5.84. The molecule has 0 aliphatic carbocycles. The van der Waals surface area contributed by atoms with Gasteiger partial charge in [0.25, 0.3) is 17.5 Å². The highest BCUT2D eigenvalue weighted by Gasteiger charge is 2.25. The van der Waals surface area contributed by atoms with Crippen LogP contribution in [0.3, 0.4) is 0 Å². The molecule has 8 nitrogen and oxygen atoms in total. The number of aryl methyl sites for hydroxylation is 1. The molecule has 3 aromatic rings. The Morgan fingerprint density at radius 3 is 2.29 bits per heavy atom. The highest BCUT2D eigenvalue weighted by atomic mass is 35.5. The zero-order chi connectivity index (χ0) is 24.2. The molecule has 0 unspecified atom stereocenters. The smallest absolute Gasteiger partial charge is 0.270 e. The van der Waals surface area contributed by atoms with E-state index in [1.807, 2.05) is 12.1 Å². The summed E-state index contributed by atoms with van der Waals surface area (Å²) in [7, 11) is 0. The van der Waals surface area contributed by atoms with Gasteiger partial charge in [-0.25, -0.2) is 0 Å². The number of carbonyl (C=O) groups is 2. The third kappa shape index (κ3) is 4.87. The van der Waals surface area contributed by atoms with Crippen LogP contribution in [-0.2, 0) is 0 Å². The van der Waals surface area contributed by atoms with Crippen LogP contribution in [0.1, 0.15) is 26.3 Å². The number of halogens is 1. The third-order valence-corrected chi connectivity index (χ3v) is 6.15. The summed E-state index contributed by atoms with van der Waals surface area (Å²) in [6, 6.07) is 18.6. The van der Waals surface area contributed by atoms with Crippen LogP contribution in [0.15, 0.2) is 66.7 Å². The zero-order valence-corrected chi connectivity index (χ0v) is 19.3. The van der Waals surface area contributed by atoms with Crippen LogP contribution in [0.4, 0.5) is 17.1 Å². The lowest BCUT2D eigenvalue weighted by Crippen LogP contribution is -2.49. The van der Waals surface area contributed by atoms with Crippen LogP contribution in [0, 0.1) is 17.0 Å². The van der Waals surface area contributed by atoms with Crippen molar-refractivity contribution in [1.29, 1.82) is 0 Å². The molecule has 1 aliphatic heterocycles. The number of piperazine rings is 1. The fourth-order valence-corrected chi connectivity index (χ4v) is 4.27. The summed E-state index contributed by atoms with van der Waals surface area (Å²) in [5, 5.41) is 13.6. The van der Waals surface area contributed by atoms with Gasteiger partial charge in [-0.2, -0.15) is 0 Å². The Bertz CT molecular complexity index is 1260. The summed E-state index contributed by atoms with van der Waals surface area (Å²) < 4.78 is 0. The van der Waals surface area contributed by atoms with Gasteiger partial charge in [-0.05, 0) is 36.8 Å². The average Bonchev–Trinajstić information content (AvgIpc) is 2.84. The van der Waals surface area contributed by atoms with Gasteiger partial charge in [-0.1, -0.05) is 41.9 Å². The van der Waals surface area contributed by atoms with Crippen LogP contribution >= 0.6 is 11.6 Å². The summed E-state index contributed by atoms with van der Waals surface area (Å²) in [6.45, 7) is 4.61. The number of non-ortho nitro benzene ring substituents is 1. The van der Waals surface area contributed by atoms with Crippen molar-refractivity contribution in [1.82, 2.24) is 4.90 Å². The van der Waals surface area contributed by atoms with Crippen LogP contribution in [0.25, 0.3) is 0 Å². The largest absolute Gasteiger partial charge is 0.368 e. The number of hydrogen-bond acceptors (Lipinski definition) is 5. The topological polar surface area (TPSA) is 95.8 Å². The Morgan fingerprint density at radius 1 is 0.941 bits per heavy atom. The highest BCUT2D eigenvalue weighted by Crippen LogP contribution is 2.26. The van der Waals surface area contributed by atoms with Crippen molar-refractivity contribution in [2.45, 2.75) is 6.92 Å². The number of amides is 2. The molecule has 34 heavy (non-hydrogen) atoms. The second kappa shape index (κ2) is 9.93. The molecule has 1 aliphatic rings. The Kier molecular flexibility index (Phi) is 6.79. The fraction of sp³-hybridized carbons (Fsp3) is 0.200. The van der Waals surface area contributed by atoms with Crippen molar-refractivity contribution in [2.24, 2.45) is 0 Å². The minimum atomic E-state index is -0.583. The first kappa shape index (κ1) is 23.3. The van der Waals surface area contributed by atoms with Gasteiger partial charge in [0, 0.05) is 44.0 Å². The SMILES string of the molecule is Cc1ccccc1N1CCN(C(=O)c2ccccc2NC(=O)c2ccc([N+](=O)[O-])cc2Cl)CC1. The van der Waals surface area contributed by atoms with Crippen LogP contribution in [0.5, 0.6) is 0 Å². The number of para-hydroxylation sites is 2. The quantitative estimate of drug-likeness (QED) is 0.421. The minimum absolute atomic E-state index is 0.0390. The predicted octanol–water partition coefficient (Wildman–Crippen LogP) is 4.77. The molecule has 0 saturated carbocycles. The van der Waals surface area contributed by atoms with E-state index in [9.17, 15) is 19.7 Å². The zero-order valence-electron chi connectivity index (χ0n) is 18.5. The first-order chi connectivity index (χ1) is 16.3. The summed E-state index contributed by atoms with van der Waals surface area (Å²) in [4.78, 5) is 40.5. The first-order valence-electron chi connectivity index (χ1n) is 10.8. The fourth-order valence-electron chi connectivity index (χ4n) is 4.01. The van der Waals surface area contributed by atoms with Crippen LogP contribution in [0.2, 0.25) is 5.02 Å². The second-order valence-electron chi connectivity index (χ2n) is 7.99. The maximum atomic E-state index is 13.3. The molecule has 1 N–H and O–H groups in total. The summed E-state index contributed by atoms with van der Waals surface area (Å²) in [6.07, 6.45) is 0. The molecule has 0 bridgehead atoms. The molecule has 1 saturated heterocycles. The highest BCUT2D eigenvalue weighted by molar-refractivity contribution is 6.34. The van der Waals surface area contributed by atoms with E-state index < -0.39 is 10.8 Å². The van der Waals surface area contributed by atoms with Gasteiger partial charge >= 0.3 is 0 Å². The number of rotatable bonds is 5. The standard InChI is InChI=1S/C25H23ClN4O4/c1-17-6-2-5-9-23(17)28-12-14-29(15-13-28)25(32)20-7-3-4-8-22(20)27-24(31)19-11-10-18(30(33)34)16-21(19)26/h2-11,16H,12-15H2,1H3,(H,27,31). The van der Waals surface area contributed by atoms with E-state index in [1.165, 1.54) is 23.4 Å². The first-order valence-corrected chi connectivity index (χ1v) is 11.2. The normalized spacial score (nSPS) is 13.5. The van der Waals surface area contributed by atoms with Crippen molar-refractivity contribution in [2.75, 3.05) is 36.4 Å². The Morgan fingerprint density at radius 2 is 1.62 bits per heavy atom. The molecular weight excluding hydrogens is 456 g/mol. The molecule has 0 radical (unpaired) electrons. The van der Waals surface area contributed by atoms with Gasteiger partial charge in [-0.3, -0.25) is 19.7 Å². The molecule has 1 fully saturated rings. The van der Waals surface area contributed by atoms with E-state index in [2.05, 4.69) is 29.3 Å². The number of nitro groups is 1. The van der Waals surface area contributed by atoms with Crippen LogP contribution < -0.4 is 10.2 Å². The number of nitrogens with one attached hydrogen (secondary N) is 1. The van der Waals surface area contributed by atoms with E-state index in [4.69, 9.17) is 11.6 Å². The predicted molar refractivity (Wildman–Crippen MR) is 132 cm³/mol. The Balaban J connectivity index is 1.47. The average molecular weight is 479 g/mol. The van der Waals surface area contributed by atoms with Gasteiger partial charge in [0.2, 0.25) is 0 Å². The summed E-state index contributed by atoms with van der Waals surface area (Å²) >= 11 is 6.09. The van der Waals surface area contributed by atoms with Gasteiger partial charge < -0.3 is 15.1 Å². The van der Waals surface area contributed by atoms with Crippen molar-refractivity contribution < 1.29 is 14.5 Å². The molecule has 0 atom stereocenters. The summed E-state index contributed by atoms with van der Waals surface area (Å²) in [5.41, 5.74) is 2.97. The number of carbonyl (C=O) groups excluding carboxylic acids is 2. The van der Waals surface area contributed by atoms with Crippen molar-refractivity contribution >= 4 is 40.5 Å². The number of nitro benzene ring substituents is 1. The number of anilines is 2. The number of nitrogens with zero attached hydrogens (tertiary/aromatic N) is 3. The van der Waals surface area contributed by atoms with E-state index in [0.29, 0.717) is 37.4 Å². The molecule has 2 amide bonds. The van der Waals surface area contributed by atoms with E-state index >= 15 is 0 Å². The van der Waals surface area contributed by atoms with Crippen molar-refractivity contribution in [3.63, 3.8) is 0 Å². The lowest BCUT2D eigenvalue weighted by molar-refractivity contribution is -0.384. The molecular formula is C25H23ClN4O4. The molecule has 1 heterocycles. The maximum Gasteiger partial charge on any atom is 0.270 e. The van der Waals surface area contributed by atoms with Gasteiger partial charge in [-0.15, -0.1) is 0 Å². The Labute approximate surface area is 201 Å². The van der Waals surface area contributed by atoms with Gasteiger partial charge in [0.15, 0.2) is 0 Å². The monoisotopic (exact) mass is 478 g/mol. The lowest BCUT2D eigenvalue weighted by Gasteiger charge is -2.37. The number of hydrogen-bond donors (Lipinski definition) is 1. The van der Waals surface area contributed by atoms with Crippen molar-refractivity contribution in [3.05, 3.63) is 98.6 Å².